The molecule has 0 heterocycles. The van der Waals surface area contributed by atoms with E-state index in [1.807, 2.05) is 0 Å². The summed E-state index contributed by atoms with van der Waals surface area (Å²) in [6, 6.07) is 0. The highest BCUT2D eigenvalue weighted by atomic mass is 16.4. The maximum Gasteiger partial charge on any atom is 0.327 e. The molecule has 8 atom stereocenters. The number of aliphatic hydroxyl groups is 2. The van der Waals surface area contributed by atoms with Gasteiger partial charge in [0.25, 0.3) is 0 Å². The van der Waals surface area contributed by atoms with Gasteiger partial charge in [-0.3, -0.25) is 0 Å². The molecule has 31 heavy (non-hydrogen) atoms. The maximum absolute atomic E-state index is 9.89. The molecule has 5 aliphatic rings. The van der Waals surface area contributed by atoms with Crippen LogP contribution in [0.15, 0.2) is 25.3 Å². The lowest BCUT2D eigenvalue weighted by Crippen LogP contribution is -2.53. The summed E-state index contributed by atoms with van der Waals surface area (Å²) in [5.74, 6) is 3.60. The summed E-state index contributed by atoms with van der Waals surface area (Å²) in [5.41, 5.74) is 0.824. The average Bonchev–Trinajstić information content (AvgIpc) is 3.53. The average molecular weight is 435 g/mol. The molecule has 6 heteroatoms. The van der Waals surface area contributed by atoms with E-state index in [9.17, 15) is 19.8 Å². The molecular formula is C25H38O6. The summed E-state index contributed by atoms with van der Waals surface area (Å²) >= 11 is 0. The Hall–Kier alpha value is -1.66. The van der Waals surface area contributed by atoms with Crippen LogP contribution in [0.25, 0.3) is 0 Å². The SMILES string of the molecule is C=CC(=O)O.C=CC(=O)O.OCCC12CC(C3CCCC31)C1C3CCC(C3)C12CCO. The molecule has 0 saturated heterocycles. The van der Waals surface area contributed by atoms with Crippen molar-refractivity contribution in [3.8, 4) is 0 Å². The summed E-state index contributed by atoms with van der Waals surface area (Å²) in [4.78, 5) is 18.5. The minimum absolute atomic E-state index is 0.368. The lowest BCUT2D eigenvalue weighted by Gasteiger charge is -2.58. The smallest absolute Gasteiger partial charge is 0.327 e. The summed E-state index contributed by atoms with van der Waals surface area (Å²) in [5, 5.41) is 35.0. The fourth-order valence-electron chi connectivity index (χ4n) is 9.34. The number of aliphatic hydroxyl groups excluding tert-OH is 2. The molecule has 0 aromatic carbocycles. The van der Waals surface area contributed by atoms with Crippen molar-refractivity contribution >= 4 is 11.9 Å². The predicted octanol–water partition coefficient (Wildman–Crippen LogP) is 3.73. The number of rotatable bonds is 6. The van der Waals surface area contributed by atoms with Crippen LogP contribution in [-0.2, 0) is 9.59 Å². The van der Waals surface area contributed by atoms with Crippen molar-refractivity contribution in [2.24, 2.45) is 46.3 Å². The van der Waals surface area contributed by atoms with E-state index in [-0.39, 0.29) is 0 Å². The highest BCUT2D eigenvalue weighted by Crippen LogP contribution is 2.84. The van der Waals surface area contributed by atoms with Gasteiger partial charge in [0.05, 0.1) is 0 Å². The van der Waals surface area contributed by atoms with Crippen LogP contribution in [0.4, 0.5) is 0 Å². The van der Waals surface area contributed by atoms with Gasteiger partial charge in [0.2, 0.25) is 0 Å². The second-order valence-corrected chi connectivity index (χ2v) is 10.1. The van der Waals surface area contributed by atoms with Gasteiger partial charge >= 0.3 is 11.9 Å². The molecule has 0 aliphatic heterocycles. The Kier molecular flexibility index (Phi) is 7.32. The summed E-state index contributed by atoms with van der Waals surface area (Å²) in [6.45, 7) is 6.66. The fraction of sp³-hybridized carbons (Fsp3) is 0.760. The third kappa shape index (κ3) is 3.66. The van der Waals surface area contributed by atoms with Crippen molar-refractivity contribution in [2.45, 2.75) is 57.8 Å². The largest absolute Gasteiger partial charge is 0.478 e. The Labute approximate surface area is 185 Å². The number of fused-ring (bicyclic) bond motifs is 12. The fourth-order valence-corrected chi connectivity index (χ4v) is 9.34. The van der Waals surface area contributed by atoms with Gasteiger partial charge in [0.1, 0.15) is 0 Å². The summed E-state index contributed by atoms with van der Waals surface area (Å²) in [7, 11) is 0. The molecule has 0 aromatic heterocycles. The molecule has 5 rings (SSSR count). The summed E-state index contributed by atoms with van der Waals surface area (Å²) in [6.07, 6.45) is 13.8. The van der Waals surface area contributed by atoms with Gasteiger partial charge in [0, 0.05) is 25.4 Å². The first-order valence-electron chi connectivity index (χ1n) is 11.7. The quantitative estimate of drug-likeness (QED) is 0.374. The number of carboxylic acid groups (broad SMARTS) is 2. The van der Waals surface area contributed by atoms with Crippen molar-refractivity contribution < 1.29 is 30.0 Å². The zero-order valence-corrected chi connectivity index (χ0v) is 18.4. The highest BCUT2D eigenvalue weighted by molar-refractivity contribution is 5.79. The van der Waals surface area contributed by atoms with Gasteiger partial charge in [-0.15, -0.1) is 0 Å². The van der Waals surface area contributed by atoms with E-state index >= 15 is 0 Å². The van der Waals surface area contributed by atoms with Crippen LogP contribution in [0.3, 0.4) is 0 Å². The molecule has 4 bridgehead atoms. The Morgan fingerprint density at radius 1 is 0.903 bits per heavy atom. The molecule has 8 unspecified atom stereocenters. The molecule has 5 aliphatic carbocycles. The Balaban J connectivity index is 0.000000232. The van der Waals surface area contributed by atoms with Crippen LogP contribution < -0.4 is 0 Å². The molecule has 0 aromatic rings. The minimum Gasteiger partial charge on any atom is -0.478 e. The third-order valence-electron chi connectivity index (χ3n) is 9.55. The van der Waals surface area contributed by atoms with Crippen molar-refractivity contribution in [1.82, 2.24) is 0 Å². The van der Waals surface area contributed by atoms with E-state index in [2.05, 4.69) is 13.2 Å². The predicted molar refractivity (Wildman–Crippen MR) is 117 cm³/mol. The number of carbonyl (C=O) groups is 2. The van der Waals surface area contributed by atoms with Gasteiger partial charge in [0.15, 0.2) is 0 Å². The Bertz CT molecular complexity index is 686. The number of aliphatic carboxylic acids is 2. The van der Waals surface area contributed by atoms with E-state index < -0.39 is 11.9 Å². The second-order valence-electron chi connectivity index (χ2n) is 10.1. The van der Waals surface area contributed by atoms with Crippen molar-refractivity contribution in [3.05, 3.63) is 25.3 Å². The molecule has 174 valence electrons. The molecule has 0 spiro atoms. The lowest BCUT2D eigenvalue weighted by molar-refractivity contribution is -0.132. The van der Waals surface area contributed by atoms with Crippen LogP contribution in [0.1, 0.15) is 57.8 Å². The molecule has 0 radical (unpaired) electrons. The van der Waals surface area contributed by atoms with Crippen molar-refractivity contribution in [2.75, 3.05) is 13.2 Å². The molecular weight excluding hydrogens is 396 g/mol. The van der Waals surface area contributed by atoms with E-state index in [0.717, 1.165) is 60.5 Å². The third-order valence-corrected chi connectivity index (χ3v) is 9.55. The van der Waals surface area contributed by atoms with Gasteiger partial charge in [-0.25, -0.2) is 9.59 Å². The van der Waals surface area contributed by atoms with Crippen LogP contribution in [0.2, 0.25) is 0 Å². The van der Waals surface area contributed by atoms with E-state index in [1.165, 1.54) is 44.9 Å². The van der Waals surface area contributed by atoms with Gasteiger partial charge in [-0.1, -0.05) is 19.6 Å². The molecule has 0 amide bonds. The Morgan fingerprint density at radius 2 is 1.52 bits per heavy atom. The van der Waals surface area contributed by atoms with E-state index in [0.29, 0.717) is 24.0 Å². The van der Waals surface area contributed by atoms with E-state index in [4.69, 9.17) is 10.2 Å². The number of hydrogen-bond donors (Lipinski definition) is 4. The van der Waals surface area contributed by atoms with Gasteiger partial charge in [-0.05, 0) is 97.7 Å². The zero-order chi connectivity index (χ0) is 22.8. The van der Waals surface area contributed by atoms with Crippen LogP contribution >= 0.6 is 0 Å². The highest BCUT2D eigenvalue weighted by Gasteiger charge is 2.78. The molecule has 5 fully saturated rings. The number of hydrogen-bond acceptors (Lipinski definition) is 4. The standard InChI is InChI=1S/C19H30O2.2C3H4O2/c20-8-6-18-11-15(14-2-1-3-16(14)18)17-12-4-5-13(10-12)19(17,18)7-9-21;2*1-2-3(4)5/h12-17,20-21H,1-11H2;2*2H,1H2,(H,4,5). The monoisotopic (exact) mass is 434 g/mol. The van der Waals surface area contributed by atoms with Crippen LogP contribution in [-0.4, -0.2) is 45.6 Å². The van der Waals surface area contributed by atoms with Crippen LogP contribution in [0.5, 0.6) is 0 Å². The van der Waals surface area contributed by atoms with Gasteiger partial charge < -0.3 is 20.4 Å². The van der Waals surface area contributed by atoms with Crippen molar-refractivity contribution in [1.29, 1.82) is 0 Å². The first-order valence-corrected chi connectivity index (χ1v) is 11.7. The molecule has 6 nitrogen and oxygen atoms in total. The molecule has 5 saturated carbocycles. The lowest BCUT2D eigenvalue weighted by atomic mass is 9.46. The van der Waals surface area contributed by atoms with Crippen molar-refractivity contribution in [3.63, 3.8) is 0 Å². The zero-order valence-electron chi connectivity index (χ0n) is 18.4. The first-order chi connectivity index (χ1) is 14.8. The Morgan fingerprint density at radius 3 is 2.06 bits per heavy atom. The van der Waals surface area contributed by atoms with E-state index in [1.54, 1.807) is 0 Å². The summed E-state index contributed by atoms with van der Waals surface area (Å²) < 4.78 is 0. The normalized spacial score (nSPS) is 42.5. The van der Waals surface area contributed by atoms with Crippen LogP contribution in [0, 0.1) is 46.3 Å². The molecule has 4 N–H and O–H groups in total. The minimum atomic E-state index is -0.981. The topological polar surface area (TPSA) is 115 Å². The second kappa shape index (κ2) is 9.45. The maximum atomic E-state index is 9.89. The van der Waals surface area contributed by atoms with Gasteiger partial charge in [-0.2, -0.15) is 0 Å². The number of carboxylic acids is 2. The first kappa shape index (κ1) is 24.0.